The first kappa shape index (κ1) is 17.1. The molecule has 0 atom stereocenters. The summed E-state index contributed by atoms with van der Waals surface area (Å²) in [5, 5.41) is 7.62. The predicted octanol–water partition coefficient (Wildman–Crippen LogP) is 2.37. The van der Waals surface area contributed by atoms with Crippen LogP contribution >= 0.6 is 0 Å². The maximum atomic E-state index is 13.1. The van der Waals surface area contributed by atoms with Crippen molar-refractivity contribution in [3.8, 4) is 11.6 Å². The van der Waals surface area contributed by atoms with E-state index in [2.05, 4.69) is 20.2 Å². The summed E-state index contributed by atoms with van der Waals surface area (Å²) in [4.78, 5) is 34.9. The molecular formula is C21H16N6O2. The molecule has 0 aliphatic heterocycles. The van der Waals surface area contributed by atoms with Gasteiger partial charge in [-0.1, -0.05) is 25.1 Å². The zero-order chi connectivity index (χ0) is 20.0. The smallest absolute Gasteiger partial charge is 0.267 e. The predicted molar refractivity (Wildman–Crippen MR) is 110 cm³/mol. The van der Waals surface area contributed by atoms with E-state index in [1.54, 1.807) is 35.2 Å². The number of pyridine rings is 3. The molecule has 29 heavy (non-hydrogen) atoms. The summed E-state index contributed by atoms with van der Waals surface area (Å²) >= 11 is 0. The molecule has 8 nitrogen and oxygen atoms in total. The van der Waals surface area contributed by atoms with E-state index >= 15 is 0 Å². The molecular weight excluding hydrogens is 368 g/mol. The van der Waals surface area contributed by atoms with Crippen LogP contribution in [0.1, 0.15) is 12.7 Å². The van der Waals surface area contributed by atoms with Gasteiger partial charge in [0, 0.05) is 24.5 Å². The molecule has 4 heterocycles. The van der Waals surface area contributed by atoms with Gasteiger partial charge in [-0.25, -0.2) is 9.55 Å². The molecule has 5 rings (SSSR count). The number of aryl methyl sites for hydroxylation is 1. The van der Waals surface area contributed by atoms with E-state index in [-0.39, 0.29) is 17.1 Å². The Morgan fingerprint density at radius 2 is 1.52 bits per heavy atom. The van der Waals surface area contributed by atoms with Crippen LogP contribution in [0.4, 0.5) is 0 Å². The molecule has 0 fully saturated rings. The van der Waals surface area contributed by atoms with Gasteiger partial charge in [0.1, 0.15) is 5.82 Å². The van der Waals surface area contributed by atoms with Gasteiger partial charge in [-0.15, -0.1) is 5.10 Å². The normalized spacial score (nSPS) is 11.3. The lowest BCUT2D eigenvalue weighted by atomic mass is 10.2. The van der Waals surface area contributed by atoms with E-state index in [4.69, 9.17) is 0 Å². The van der Waals surface area contributed by atoms with Gasteiger partial charge in [0.15, 0.2) is 0 Å². The first-order valence-electron chi connectivity index (χ1n) is 9.20. The second kappa shape index (κ2) is 6.52. The number of H-pyrrole nitrogens is 1. The van der Waals surface area contributed by atoms with Crippen LogP contribution in [0.15, 0.2) is 70.5 Å². The number of aromatic amines is 1. The zero-order valence-electron chi connectivity index (χ0n) is 15.5. The number of benzene rings is 1. The summed E-state index contributed by atoms with van der Waals surface area (Å²) in [6, 6.07) is 14.4. The van der Waals surface area contributed by atoms with Crippen molar-refractivity contribution < 1.29 is 0 Å². The molecule has 0 saturated heterocycles. The average molecular weight is 384 g/mol. The maximum absolute atomic E-state index is 13.1. The van der Waals surface area contributed by atoms with Gasteiger partial charge in [0.2, 0.25) is 0 Å². The Balaban J connectivity index is 1.76. The van der Waals surface area contributed by atoms with Crippen molar-refractivity contribution in [2.75, 3.05) is 0 Å². The number of fused-ring (bicyclic) bond motifs is 2. The molecule has 4 aromatic heterocycles. The van der Waals surface area contributed by atoms with Gasteiger partial charge in [0.05, 0.1) is 21.8 Å². The van der Waals surface area contributed by atoms with Crippen molar-refractivity contribution in [1.29, 1.82) is 0 Å². The Morgan fingerprint density at radius 1 is 0.862 bits per heavy atom. The molecule has 0 radical (unpaired) electrons. The average Bonchev–Trinajstić information content (AvgIpc) is 3.23. The van der Waals surface area contributed by atoms with Gasteiger partial charge >= 0.3 is 0 Å². The molecule has 0 saturated carbocycles. The van der Waals surface area contributed by atoms with E-state index in [0.717, 1.165) is 5.69 Å². The van der Waals surface area contributed by atoms with Crippen molar-refractivity contribution in [3.05, 3.63) is 87.5 Å². The van der Waals surface area contributed by atoms with Crippen LogP contribution in [0.2, 0.25) is 0 Å². The Bertz CT molecular complexity index is 1480. The van der Waals surface area contributed by atoms with E-state index in [0.29, 0.717) is 34.1 Å². The van der Waals surface area contributed by atoms with Crippen LogP contribution in [-0.2, 0) is 6.42 Å². The monoisotopic (exact) mass is 384 g/mol. The fourth-order valence-electron chi connectivity index (χ4n) is 3.32. The van der Waals surface area contributed by atoms with E-state index < -0.39 is 0 Å². The zero-order valence-corrected chi connectivity index (χ0v) is 15.5. The standard InChI is InChI=1S/C21H16N6O2/c1-2-18-23-21(25-24-18)27-11-9-17-15(20(27)29)12-14-16(22-17)8-10-26(19(14)28)13-6-4-3-5-7-13/h3-12H,2H2,1H3,(H,23,24,25). The van der Waals surface area contributed by atoms with Crippen LogP contribution < -0.4 is 11.1 Å². The quantitative estimate of drug-likeness (QED) is 0.482. The molecule has 0 bridgehead atoms. The highest BCUT2D eigenvalue weighted by Crippen LogP contribution is 2.16. The van der Waals surface area contributed by atoms with Crippen molar-refractivity contribution in [2.24, 2.45) is 0 Å². The molecule has 0 aliphatic carbocycles. The third-order valence-electron chi connectivity index (χ3n) is 4.85. The van der Waals surface area contributed by atoms with Crippen molar-refractivity contribution in [2.45, 2.75) is 13.3 Å². The number of nitrogens with one attached hydrogen (secondary N) is 1. The minimum Gasteiger partial charge on any atom is -0.284 e. The maximum Gasteiger partial charge on any atom is 0.267 e. The highest BCUT2D eigenvalue weighted by Gasteiger charge is 2.13. The second-order valence-electron chi connectivity index (χ2n) is 6.61. The topological polar surface area (TPSA) is 98.5 Å². The lowest BCUT2D eigenvalue weighted by molar-refractivity contribution is 0.901. The molecule has 1 N–H and O–H groups in total. The van der Waals surface area contributed by atoms with Crippen molar-refractivity contribution >= 4 is 21.8 Å². The third-order valence-corrected chi connectivity index (χ3v) is 4.85. The largest absolute Gasteiger partial charge is 0.284 e. The third kappa shape index (κ3) is 2.73. The highest BCUT2D eigenvalue weighted by molar-refractivity contribution is 5.91. The fraction of sp³-hybridized carbons (Fsp3) is 0.0952. The molecule has 0 aliphatic rings. The van der Waals surface area contributed by atoms with Crippen LogP contribution in [0.5, 0.6) is 0 Å². The van der Waals surface area contributed by atoms with Crippen molar-refractivity contribution in [3.63, 3.8) is 0 Å². The van der Waals surface area contributed by atoms with Gasteiger partial charge in [-0.05, 0) is 30.3 Å². The van der Waals surface area contributed by atoms with E-state index in [1.165, 1.54) is 4.57 Å². The van der Waals surface area contributed by atoms with Crippen LogP contribution in [0.3, 0.4) is 0 Å². The molecule has 0 amide bonds. The molecule has 8 heteroatoms. The summed E-state index contributed by atoms with van der Waals surface area (Å²) in [5.41, 5.74) is 1.25. The van der Waals surface area contributed by atoms with Crippen LogP contribution in [-0.4, -0.2) is 29.3 Å². The van der Waals surface area contributed by atoms with Gasteiger partial charge < -0.3 is 0 Å². The minimum absolute atomic E-state index is 0.232. The molecule has 1 aromatic carbocycles. The second-order valence-corrected chi connectivity index (χ2v) is 6.61. The number of rotatable bonds is 3. The molecule has 0 spiro atoms. The summed E-state index contributed by atoms with van der Waals surface area (Å²) in [6.45, 7) is 1.95. The van der Waals surface area contributed by atoms with Gasteiger partial charge in [-0.3, -0.25) is 19.3 Å². The summed E-state index contributed by atoms with van der Waals surface area (Å²) < 4.78 is 2.89. The van der Waals surface area contributed by atoms with Crippen LogP contribution in [0, 0.1) is 0 Å². The van der Waals surface area contributed by atoms with Gasteiger partial charge in [0.25, 0.3) is 17.1 Å². The number of nitrogens with zero attached hydrogens (tertiary/aromatic N) is 5. The Morgan fingerprint density at radius 3 is 2.17 bits per heavy atom. The van der Waals surface area contributed by atoms with E-state index in [9.17, 15) is 9.59 Å². The first-order valence-corrected chi connectivity index (χ1v) is 9.20. The number of aromatic nitrogens is 6. The Labute approximate surface area is 164 Å². The summed E-state index contributed by atoms with van der Waals surface area (Å²) in [7, 11) is 0. The fourth-order valence-corrected chi connectivity index (χ4v) is 3.32. The molecule has 0 unspecified atom stereocenters. The Hall–Kier alpha value is -4.07. The summed E-state index contributed by atoms with van der Waals surface area (Å²) in [5.74, 6) is 0.956. The molecule has 5 aromatic rings. The molecule has 142 valence electrons. The number of para-hydroxylation sites is 1. The summed E-state index contributed by atoms with van der Waals surface area (Å²) in [6.07, 6.45) is 3.97. The number of hydrogen-bond donors (Lipinski definition) is 1. The number of hydrogen-bond acceptors (Lipinski definition) is 5. The lowest BCUT2D eigenvalue weighted by Crippen LogP contribution is -2.21. The van der Waals surface area contributed by atoms with Crippen molar-refractivity contribution in [1.82, 2.24) is 29.3 Å². The highest BCUT2D eigenvalue weighted by atomic mass is 16.1. The Kier molecular flexibility index (Phi) is 3.83. The van der Waals surface area contributed by atoms with Gasteiger partial charge in [-0.2, -0.15) is 4.98 Å². The van der Waals surface area contributed by atoms with E-state index in [1.807, 2.05) is 37.3 Å². The SMILES string of the molecule is CCc1nc(-n2ccc3nc4ccn(-c5ccccc5)c(=O)c4cc3c2=O)n[nH]1. The minimum atomic E-state index is -0.326. The first-order chi connectivity index (χ1) is 14.2. The lowest BCUT2D eigenvalue weighted by Gasteiger charge is -2.08. The van der Waals surface area contributed by atoms with Crippen LogP contribution in [0.25, 0.3) is 33.4 Å².